The Kier molecular flexibility index (Phi) is 5.70. The Bertz CT molecular complexity index is 893. The minimum absolute atomic E-state index is 0.142. The molecule has 1 aromatic heterocycles. The van der Waals surface area contributed by atoms with Crippen molar-refractivity contribution in [3.8, 4) is 0 Å². The second kappa shape index (κ2) is 7.82. The number of nitrogens with zero attached hydrogens (tertiary/aromatic N) is 5. The van der Waals surface area contributed by atoms with Crippen molar-refractivity contribution in [3.63, 3.8) is 0 Å². The third-order valence-corrected chi connectivity index (χ3v) is 6.43. The normalized spacial score (nSPS) is 16.5. The van der Waals surface area contributed by atoms with Crippen molar-refractivity contribution >= 4 is 31.9 Å². The molecule has 0 spiro atoms. The summed E-state index contributed by atoms with van der Waals surface area (Å²) in [6, 6.07) is 6.69. The zero-order valence-electron chi connectivity index (χ0n) is 14.1. The van der Waals surface area contributed by atoms with Crippen LogP contribution in [0.4, 0.5) is 0 Å². The van der Waals surface area contributed by atoms with Crippen molar-refractivity contribution < 1.29 is 17.9 Å². The van der Waals surface area contributed by atoms with E-state index in [2.05, 4.69) is 31.0 Å². The highest BCUT2D eigenvalue weighted by molar-refractivity contribution is 9.10. The van der Waals surface area contributed by atoms with Crippen LogP contribution in [0.2, 0.25) is 0 Å². The van der Waals surface area contributed by atoms with Crippen LogP contribution in [0.15, 0.2) is 39.8 Å². The second-order valence-corrected chi connectivity index (χ2v) is 8.61. The van der Waals surface area contributed by atoms with E-state index in [0.717, 1.165) is 4.47 Å². The van der Waals surface area contributed by atoms with Crippen molar-refractivity contribution in [3.05, 3.63) is 40.6 Å². The number of hydrogen-bond donors (Lipinski definition) is 0. The first-order chi connectivity index (χ1) is 12.4. The number of halogens is 1. The number of ether oxygens (including phenoxy) is 1. The van der Waals surface area contributed by atoms with Gasteiger partial charge in [-0.15, -0.1) is 5.10 Å². The molecule has 1 aromatic carbocycles. The summed E-state index contributed by atoms with van der Waals surface area (Å²) in [5, 5.41) is 7.65. The molecular weight excluding hydrogens is 426 g/mol. The van der Waals surface area contributed by atoms with E-state index >= 15 is 0 Å². The van der Waals surface area contributed by atoms with Crippen molar-refractivity contribution in [2.24, 2.45) is 0 Å². The average Bonchev–Trinajstić information content (AvgIpc) is 3.10. The Labute approximate surface area is 159 Å². The predicted molar refractivity (Wildman–Crippen MR) is 95.8 cm³/mol. The fraction of sp³-hybridized carbons (Fsp3) is 0.400. The van der Waals surface area contributed by atoms with E-state index in [-0.39, 0.29) is 10.6 Å². The van der Waals surface area contributed by atoms with Gasteiger partial charge in [0.2, 0.25) is 10.0 Å². The summed E-state index contributed by atoms with van der Waals surface area (Å²) in [7, 11) is -2.23. The molecule has 9 nitrogen and oxygen atoms in total. The number of rotatable bonds is 5. The van der Waals surface area contributed by atoms with Gasteiger partial charge in [-0.1, -0.05) is 27.2 Å². The van der Waals surface area contributed by atoms with E-state index in [1.165, 1.54) is 22.3 Å². The van der Waals surface area contributed by atoms with Crippen LogP contribution in [0.25, 0.3) is 0 Å². The molecule has 0 atom stereocenters. The Morgan fingerprint density at radius 2 is 2.00 bits per heavy atom. The highest BCUT2D eigenvalue weighted by Crippen LogP contribution is 2.21. The van der Waals surface area contributed by atoms with E-state index in [1.54, 1.807) is 24.3 Å². The molecule has 0 unspecified atom stereocenters. The number of carbonyl (C=O) groups excluding carboxylic acids is 1. The maximum atomic E-state index is 12.7. The number of piperazine rings is 1. The van der Waals surface area contributed by atoms with E-state index in [1.807, 2.05) is 4.90 Å². The fourth-order valence-electron chi connectivity index (χ4n) is 2.66. The van der Waals surface area contributed by atoms with Crippen LogP contribution in [0.5, 0.6) is 0 Å². The standard InChI is InChI=1S/C15H18BrN5O4S/c1-25-15(22)14-10-20(18-17-14)11-19-5-7-21(8-6-19)26(23,24)13-4-2-3-12(16)9-13/h2-4,9-10H,5-8,11H2,1H3. The molecule has 0 saturated carbocycles. The molecular formula is C15H18BrN5O4S. The lowest BCUT2D eigenvalue weighted by molar-refractivity contribution is 0.0593. The molecule has 0 amide bonds. The summed E-state index contributed by atoms with van der Waals surface area (Å²) in [5.74, 6) is -0.541. The number of benzene rings is 1. The van der Waals surface area contributed by atoms with Crippen molar-refractivity contribution in [1.29, 1.82) is 0 Å². The van der Waals surface area contributed by atoms with Crippen LogP contribution in [0, 0.1) is 0 Å². The van der Waals surface area contributed by atoms with Gasteiger partial charge >= 0.3 is 5.97 Å². The molecule has 2 heterocycles. The summed E-state index contributed by atoms with van der Waals surface area (Å²) in [4.78, 5) is 13.7. The number of hydrogen-bond acceptors (Lipinski definition) is 7. The molecule has 1 saturated heterocycles. The Hall–Kier alpha value is -1.82. The zero-order chi connectivity index (χ0) is 18.7. The lowest BCUT2D eigenvalue weighted by Crippen LogP contribution is -2.48. The van der Waals surface area contributed by atoms with Gasteiger partial charge in [-0.3, -0.25) is 4.90 Å². The van der Waals surface area contributed by atoms with Crippen LogP contribution in [0.1, 0.15) is 10.5 Å². The van der Waals surface area contributed by atoms with E-state index in [0.29, 0.717) is 32.8 Å². The van der Waals surface area contributed by atoms with Gasteiger partial charge in [-0.2, -0.15) is 4.31 Å². The largest absolute Gasteiger partial charge is 0.464 e. The van der Waals surface area contributed by atoms with Crippen LogP contribution >= 0.6 is 15.9 Å². The fourth-order valence-corrected chi connectivity index (χ4v) is 4.68. The number of sulfonamides is 1. The highest BCUT2D eigenvalue weighted by atomic mass is 79.9. The van der Waals surface area contributed by atoms with Crippen LogP contribution in [-0.2, 0) is 21.4 Å². The highest BCUT2D eigenvalue weighted by Gasteiger charge is 2.28. The average molecular weight is 444 g/mol. The van der Waals surface area contributed by atoms with E-state index in [4.69, 9.17) is 0 Å². The first-order valence-corrected chi connectivity index (χ1v) is 10.1. The number of carbonyl (C=O) groups is 1. The van der Waals surface area contributed by atoms with Crippen molar-refractivity contribution in [2.75, 3.05) is 33.3 Å². The first kappa shape index (κ1) is 19.0. The van der Waals surface area contributed by atoms with Gasteiger partial charge in [0.15, 0.2) is 5.69 Å². The SMILES string of the molecule is COC(=O)c1cn(CN2CCN(S(=O)(=O)c3cccc(Br)c3)CC2)nn1. The van der Waals surface area contributed by atoms with Gasteiger partial charge in [0.1, 0.15) is 0 Å². The Balaban J connectivity index is 1.60. The zero-order valence-corrected chi connectivity index (χ0v) is 16.5. The lowest BCUT2D eigenvalue weighted by atomic mass is 10.4. The maximum absolute atomic E-state index is 12.7. The Morgan fingerprint density at radius 3 is 2.65 bits per heavy atom. The maximum Gasteiger partial charge on any atom is 0.360 e. The molecule has 1 aliphatic rings. The van der Waals surface area contributed by atoms with Crippen LogP contribution in [0.3, 0.4) is 0 Å². The predicted octanol–water partition coefficient (Wildman–Crippen LogP) is 0.791. The minimum Gasteiger partial charge on any atom is -0.464 e. The van der Waals surface area contributed by atoms with Crippen molar-refractivity contribution in [1.82, 2.24) is 24.2 Å². The topological polar surface area (TPSA) is 97.6 Å². The van der Waals surface area contributed by atoms with Crippen molar-refractivity contribution in [2.45, 2.75) is 11.6 Å². The molecule has 11 heteroatoms. The quantitative estimate of drug-likeness (QED) is 0.629. The first-order valence-electron chi connectivity index (χ1n) is 7.86. The monoisotopic (exact) mass is 443 g/mol. The summed E-state index contributed by atoms with van der Waals surface area (Å²) in [6.07, 6.45) is 1.51. The molecule has 0 N–H and O–H groups in total. The van der Waals surface area contributed by atoms with Gasteiger partial charge in [-0.05, 0) is 18.2 Å². The number of esters is 1. The summed E-state index contributed by atoms with van der Waals surface area (Å²) in [5.41, 5.74) is 0.142. The second-order valence-electron chi connectivity index (χ2n) is 5.76. The number of methoxy groups -OCH3 is 1. The van der Waals surface area contributed by atoms with Gasteiger partial charge in [0, 0.05) is 30.7 Å². The van der Waals surface area contributed by atoms with Gasteiger partial charge in [0.05, 0.1) is 24.9 Å². The molecule has 1 aliphatic heterocycles. The molecule has 26 heavy (non-hydrogen) atoms. The van der Waals surface area contributed by atoms with E-state index < -0.39 is 16.0 Å². The van der Waals surface area contributed by atoms with Gasteiger partial charge in [0.25, 0.3) is 0 Å². The molecule has 0 bridgehead atoms. The lowest BCUT2D eigenvalue weighted by Gasteiger charge is -2.33. The van der Waals surface area contributed by atoms with Gasteiger partial charge < -0.3 is 4.74 Å². The molecule has 2 aromatic rings. The summed E-state index contributed by atoms with van der Waals surface area (Å²) >= 11 is 3.30. The third kappa shape index (κ3) is 4.11. The van der Waals surface area contributed by atoms with Crippen LogP contribution in [-0.4, -0.2) is 71.9 Å². The van der Waals surface area contributed by atoms with Gasteiger partial charge in [-0.25, -0.2) is 17.9 Å². The molecule has 3 rings (SSSR count). The Morgan fingerprint density at radius 1 is 1.27 bits per heavy atom. The minimum atomic E-state index is -3.51. The van der Waals surface area contributed by atoms with E-state index in [9.17, 15) is 13.2 Å². The van der Waals surface area contributed by atoms with Crippen LogP contribution < -0.4 is 0 Å². The molecule has 0 aliphatic carbocycles. The summed E-state index contributed by atoms with van der Waals surface area (Å²) in [6.45, 7) is 2.30. The number of aromatic nitrogens is 3. The molecule has 140 valence electrons. The smallest absolute Gasteiger partial charge is 0.360 e. The third-order valence-electron chi connectivity index (χ3n) is 4.04. The summed E-state index contributed by atoms with van der Waals surface area (Å²) < 4.78 is 33.8. The molecule has 0 radical (unpaired) electrons. The molecule has 1 fully saturated rings.